The van der Waals surface area contributed by atoms with Crippen molar-refractivity contribution >= 4 is 17.4 Å². The SMILES string of the molecule is c1ccc(C(=NC2=NCC23CC3)N=C2CC23CC3)cc1. The maximum Gasteiger partial charge on any atom is 0.161 e. The van der Waals surface area contributed by atoms with Gasteiger partial charge in [0, 0.05) is 22.1 Å². The Hall–Kier alpha value is -1.77. The molecule has 3 saturated carbocycles. The third-order valence-electron chi connectivity index (χ3n) is 5.19. The standard InChI is InChI=1S/C17H17N3/c1-2-4-12(5-3-1)14(19-13-10-16(13)6-7-16)20-15-17(8-9-17)11-18-15/h1-5H,6-11H2. The van der Waals surface area contributed by atoms with Crippen LogP contribution < -0.4 is 0 Å². The molecule has 4 aliphatic rings. The van der Waals surface area contributed by atoms with Gasteiger partial charge in [-0.1, -0.05) is 30.3 Å². The lowest BCUT2D eigenvalue weighted by molar-refractivity contribution is 0.634. The van der Waals surface area contributed by atoms with Gasteiger partial charge in [0.15, 0.2) is 5.84 Å². The van der Waals surface area contributed by atoms with Gasteiger partial charge in [-0.3, -0.25) is 4.99 Å². The van der Waals surface area contributed by atoms with Crippen LogP contribution in [0.15, 0.2) is 45.3 Å². The lowest BCUT2D eigenvalue weighted by atomic mass is 10.0. The first-order chi connectivity index (χ1) is 9.80. The summed E-state index contributed by atoms with van der Waals surface area (Å²) in [7, 11) is 0. The summed E-state index contributed by atoms with van der Waals surface area (Å²) in [5.74, 6) is 1.93. The second-order valence-corrected chi connectivity index (χ2v) is 6.74. The predicted molar refractivity (Wildman–Crippen MR) is 80.7 cm³/mol. The monoisotopic (exact) mass is 263 g/mol. The molecule has 0 amide bonds. The lowest BCUT2D eigenvalue weighted by Crippen LogP contribution is -2.28. The van der Waals surface area contributed by atoms with E-state index in [2.05, 4.69) is 29.3 Å². The maximum absolute atomic E-state index is 4.87. The molecule has 0 unspecified atom stereocenters. The van der Waals surface area contributed by atoms with E-state index in [1.54, 1.807) is 0 Å². The van der Waals surface area contributed by atoms with Crippen molar-refractivity contribution in [3.63, 3.8) is 0 Å². The van der Waals surface area contributed by atoms with Crippen molar-refractivity contribution in [2.24, 2.45) is 25.8 Å². The molecule has 3 aliphatic carbocycles. The van der Waals surface area contributed by atoms with E-state index >= 15 is 0 Å². The third-order valence-corrected chi connectivity index (χ3v) is 5.19. The zero-order valence-corrected chi connectivity index (χ0v) is 11.5. The number of hydrogen-bond donors (Lipinski definition) is 0. The lowest BCUT2D eigenvalue weighted by Gasteiger charge is -2.21. The van der Waals surface area contributed by atoms with Crippen molar-refractivity contribution in [3.05, 3.63) is 35.9 Å². The highest BCUT2D eigenvalue weighted by molar-refractivity contribution is 6.19. The highest BCUT2D eigenvalue weighted by Crippen LogP contribution is 2.63. The molecule has 2 spiro atoms. The summed E-state index contributed by atoms with van der Waals surface area (Å²) in [4.78, 5) is 14.2. The molecule has 3 nitrogen and oxygen atoms in total. The van der Waals surface area contributed by atoms with Gasteiger partial charge in [-0.05, 0) is 32.1 Å². The molecule has 3 heteroatoms. The summed E-state index contributed by atoms with van der Waals surface area (Å²) in [6.45, 7) is 0.981. The normalized spacial score (nSPS) is 29.3. The second-order valence-electron chi connectivity index (χ2n) is 6.74. The molecule has 1 aromatic rings. The van der Waals surface area contributed by atoms with Crippen LogP contribution in [0.3, 0.4) is 0 Å². The van der Waals surface area contributed by atoms with Crippen molar-refractivity contribution in [1.82, 2.24) is 0 Å². The quantitative estimate of drug-likeness (QED) is 0.551. The minimum atomic E-state index is 0.348. The van der Waals surface area contributed by atoms with Crippen molar-refractivity contribution in [3.8, 4) is 0 Å². The zero-order valence-electron chi connectivity index (χ0n) is 11.5. The van der Waals surface area contributed by atoms with Gasteiger partial charge < -0.3 is 0 Å². The van der Waals surface area contributed by atoms with Gasteiger partial charge in [0.1, 0.15) is 5.84 Å². The first-order valence-electron chi connectivity index (χ1n) is 7.57. The summed E-state index contributed by atoms with van der Waals surface area (Å²) >= 11 is 0. The van der Waals surface area contributed by atoms with Crippen molar-refractivity contribution in [2.75, 3.05) is 6.54 Å². The van der Waals surface area contributed by atoms with E-state index in [1.807, 2.05) is 6.07 Å². The average Bonchev–Trinajstić information content (AvgIpc) is 3.33. The Balaban J connectivity index is 1.53. The summed E-state index contributed by atoms with van der Waals surface area (Å²) in [6.07, 6.45) is 6.38. The number of rotatable bonds is 1. The van der Waals surface area contributed by atoms with Crippen LogP contribution in [0.4, 0.5) is 0 Å². The van der Waals surface area contributed by atoms with E-state index in [1.165, 1.54) is 37.8 Å². The molecule has 0 aromatic heterocycles. The molecule has 1 heterocycles. The van der Waals surface area contributed by atoms with Gasteiger partial charge in [-0.25, -0.2) is 9.98 Å². The molecule has 0 bridgehead atoms. The Kier molecular flexibility index (Phi) is 1.89. The first-order valence-corrected chi connectivity index (χ1v) is 7.57. The minimum absolute atomic E-state index is 0.348. The van der Waals surface area contributed by atoms with Crippen molar-refractivity contribution in [2.45, 2.75) is 32.1 Å². The molecular formula is C17H17N3. The molecule has 0 radical (unpaired) electrons. The molecule has 20 heavy (non-hydrogen) atoms. The molecule has 100 valence electrons. The van der Waals surface area contributed by atoms with Crippen LogP contribution in [0.2, 0.25) is 0 Å². The highest BCUT2D eigenvalue weighted by atomic mass is 15.1. The van der Waals surface area contributed by atoms with Gasteiger partial charge in [-0.15, -0.1) is 0 Å². The van der Waals surface area contributed by atoms with Crippen LogP contribution in [-0.4, -0.2) is 23.9 Å². The fraction of sp³-hybridized carbons (Fsp3) is 0.471. The smallest absolute Gasteiger partial charge is 0.161 e. The molecule has 5 rings (SSSR count). The van der Waals surface area contributed by atoms with Gasteiger partial charge in [0.2, 0.25) is 0 Å². The topological polar surface area (TPSA) is 37.1 Å². The van der Waals surface area contributed by atoms with E-state index in [4.69, 9.17) is 9.98 Å². The fourth-order valence-electron chi connectivity index (χ4n) is 3.08. The van der Waals surface area contributed by atoms with Crippen LogP contribution in [0.5, 0.6) is 0 Å². The van der Waals surface area contributed by atoms with Gasteiger partial charge >= 0.3 is 0 Å². The Morgan fingerprint density at radius 1 is 1.00 bits per heavy atom. The minimum Gasteiger partial charge on any atom is -0.269 e. The van der Waals surface area contributed by atoms with E-state index in [-0.39, 0.29) is 0 Å². The number of amidine groups is 2. The van der Waals surface area contributed by atoms with Crippen LogP contribution in [-0.2, 0) is 0 Å². The van der Waals surface area contributed by atoms with Crippen molar-refractivity contribution in [1.29, 1.82) is 0 Å². The highest BCUT2D eigenvalue weighted by Gasteiger charge is 2.60. The average molecular weight is 263 g/mol. The van der Waals surface area contributed by atoms with Crippen molar-refractivity contribution < 1.29 is 0 Å². The summed E-state index contributed by atoms with van der Waals surface area (Å²) in [5.41, 5.74) is 3.34. The molecule has 1 aromatic carbocycles. The van der Waals surface area contributed by atoms with Gasteiger partial charge in [0.05, 0.1) is 6.54 Å². The number of nitrogens with zero attached hydrogens (tertiary/aromatic N) is 3. The first kappa shape index (κ1) is 11.0. The second kappa shape index (κ2) is 3.46. The maximum atomic E-state index is 4.87. The Morgan fingerprint density at radius 3 is 2.30 bits per heavy atom. The number of hydrogen-bond acceptors (Lipinski definition) is 2. The summed E-state index contributed by atoms with van der Waals surface area (Å²) in [5, 5.41) is 0. The zero-order chi connectivity index (χ0) is 13.2. The van der Waals surface area contributed by atoms with E-state index < -0.39 is 0 Å². The third kappa shape index (κ3) is 1.55. The van der Waals surface area contributed by atoms with Crippen LogP contribution in [0, 0.1) is 10.8 Å². The van der Waals surface area contributed by atoms with Crippen LogP contribution in [0.1, 0.15) is 37.7 Å². The molecule has 0 saturated heterocycles. The van der Waals surface area contributed by atoms with Crippen LogP contribution >= 0.6 is 0 Å². The van der Waals surface area contributed by atoms with Crippen LogP contribution in [0.25, 0.3) is 0 Å². The molecule has 0 atom stereocenters. The van der Waals surface area contributed by atoms with Gasteiger partial charge in [-0.2, -0.15) is 0 Å². The molecule has 3 fully saturated rings. The number of benzene rings is 1. The van der Waals surface area contributed by atoms with Gasteiger partial charge in [0.25, 0.3) is 0 Å². The largest absolute Gasteiger partial charge is 0.269 e. The Labute approximate surface area is 118 Å². The molecule has 1 aliphatic heterocycles. The van der Waals surface area contributed by atoms with E-state index in [0.29, 0.717) is 10.8 Å². The summed E-state index contributed by atoms with van der Waals surface area (Å²) < 4.78 is 0. The predicted octanol–water partition coefficient (Wildman–Crippen LogP) is 3.25. The molecule has 0 N–H and O–H groups in total. The Morgan fingerprint density at radius 2 is 1.75 bits per heavy atom. The molecular weight excluding hydrogens is 246 g/mol. The Bertz CT molecular complexity index is 673. The van der Waals surface area contributed by atoms with E-state index in [9.17, 15) is 0 Å². The summed E-state index contributed by atoms with van der Waals surface area (Å²) in [6, 6.07) is 10.4. The number of aliphatic imine (C=N–C) groups is 3. The fourth-order valence-corrected chi connectivity index (χ4v) is 3.08. The van der Waals surface area contributed by atoms with E-state index in [0.717, 1.165) is 23.8 Å².